The summed E-state index contributed by atoms with van der Waals surface area (Å²) in [6, 6.07) is 18.3. The lowest BCUT2D eigenvalue weighted by atomic mass is 10.1. The molecule has 0 amide bonds. The molecule has 0 spiro atoms. The van der Waals surface area contributed by atoms with Crippen molar-refractivity contribution in [3.05, 3.63) is 65.7 Å². The zero-order valence-corrected chi connectivity index (χ0v) is 18.9. The van der Waals surface area contributed by atoms with Crippen LogP contribution in [0.25, 0.3) is 11.3 Å². The molecule has 1 aliphatic rings. The standard InChI is InChI=1S/C24H32N8O/c1-16-15-33-20(13-28-12-17-5-3-2-4-6-17)14-32(16)23-10-21(29-24(26)30-23)18-7-8-19(11-25)22(9-18)31-27/h2-10,16,20,28,31H,11-15,25,27H2,1H3,(H2,26,29,30). The number of nitrogens with two attached hydrogens (primary N) is 3. The summed E-state index contributed by atoms with van der Waals surface area (Å²) in [5.41, 5.74) is 19.2. The molecule has 9 nitrogen and oxygen atoms in total. The molecule has 4 rings (SSSR count). The van der Waals surface area contributed by atoms with Gasteiger partial charge >= 0.3 is 0 Å². The van der Waals surface area contributed by atoms with Crippen molar-refractivity contribution in [2.45, 2.75) is 32.2 Å². The summed E-state index contributed by atoms with van der Waals surface area (Å²) < 4.78 is 6.07. The molecule has 0 aliphatic carbocycles. The monoisotopic (exact) mass is 448 g/mol. The van der Waals surface area contributed by atoms with Gasteiger partial charge in [0, 0.05) is 37.8 Å². The van der Waals surface area contributed by atoms with Gasteiger partial charge in [-0.1, -0.05) is 42.5 Å². The van der Waals surface area contributed by atoms with Gasteiger partial charge in [0.15, 0.2) is 0 Å². The highest BCUT2D eigenvalue weighted by Gasteiger charge is 2.27. The number of nitrogens with zero attached hydrogens (tertiary/aromatic N) is 3. The van der Waals surface area contributed by atoms with Crippen LogP contribution >= 0.6 is 0 Å². The number of hydrogen-bond acceptors (Lipinski definition) is 9. The Bertz CT molecular complexity index is 1060. The first-order valence-electron chi connectivity index (χ1n) is 11.1. The largest absolute Gasteiger partial charge is 0.373 e. The third-order valence-electron chi connectivity index (χ3n) is 5.85. The van der Waals surface area contributed by atoms with E-state index in [4.69, 9.17) is 22.0 Å². The maximum atomic E-state index is 6.10. The SMILES string of the molecule is CC1COC(CNCc2ccccc2)CN1c1cc(-c2ccc(CN)c(NN)c2)nc(N)n1. The Hall–Kier alpha value is -3.24. The Morgan fingerprint density at radius 3 is 2.70 bits per heavy atom. The van der Waals surface area contributed by atoms with Gasteiger partial charge in [-0.05, 0) is 24.1 Å². The van der Waals surface area contributed by atoms with Crippen LogP contribution in [0, 0.1) is 0 Å². The van der Waals surface area contributed by atoms with Crippen LogP contribution in [-0.4, -0.2) is 41.8 Å². The first-order valence-corrected chi connectivity index (χ1v) is 11.1. The van der Waals surface area contributed by atoms with E-state index >= 15 is 0 Å². The fraction of sp³-hybridized carbons (Fsp3) is 0.333. The molecule has 2 heterocycles. The molecule has 174 valence electrons. The summed E-state index contributed by atoms with van der Waals surface area (Å²) in [5.74, 6) is 6.68. The Balaban J connectivity index is 1.49. The van der Waals surface area contributed by atoms with Crippen molar-refractivity contribution in [1.29, 1.82) is 0 Å². The van der Waals surface area contributed by atoms with E-state index in [1.165, 1.54) is 5.56 Å². The first kappa shape index (κ1) is 22.9. The minimum Gasteiger partial charge on any atom is -0.373 e. The van der Waals surface area contributed by atoms with Crippen molar-refractivity contribution in [2.75, 3.05) is 35.8 Å². The van der Waals surface area contributed by atoms with Crippen LogP contribution in [-0.2, 0) is 17.8 Å². The van der Waals surface area contributed by atoms with Crippen LogP contribution in [0.4, 0.5) is 17.5 Å². The van der Waals surface area contributed by atoms with Crippen LogP contribution in [0.2, 0.25) is 0 Å². The minimum atomic E-state index is 0.0430. The average molecular weight is 449 g/mol. The molecular formula is C24H32N8O. The van der Waals surface area contributed by atoms with Gasteiger partial charge < -0.3 is 31.8 Å². The van der Waals surface area contributed by atoms with E-state index in [9.17, 15) is 0 Å². The average Bonchev–Trinajstić information content (AvgIpc) is 2.85. The maximum Gasteiger partial charge on any atom is 0.222 e. The second-order valence-corrected chi connectivity index (χ2v) is 8.26. The zero-order chi connectivity index (χ0) is 23.2. The van der Waals surface area contributed by atoms with Gasteiger partial charge in [0.05, 0.1) is 30.1 Å². The maximum absolute atomic E-state index is 6.10. The third-order valence-corrected chi connectivity index (χ3v) is 5.85. The summed E-state index contributed by atoms with van der Waals surface area (Å²) in [7, 11) is 0. The summed E-state index contributed by atoms with van der Waals surface area (Å²) in [6.07, 6.45) is 0.0430. The molecule has 0 saturated carbocycles. The number of rotatable bonds is 8. The predicted molar refractivity (Wildman–Crippen MR) is 132 cm³/mol. The van der Waals surface area contributed by atoms with Gasteiger partial charge in [0.2, 0.25) is 5.95 Å². The summed E-state index contributed by atoms with van der Waals surface area (Å²) in [4.78, 5) is 11.2. The molecule has 1 fully saturated rings. The summed E-state index contributed by atoms with van der Waals surface area (Å²) in [5, 5.41) is 3.49. The van der Waals surface area contributed by atoms with Gasteiger partial charge in [-0.3, -0.25) is 5.84 Å². The summed E-state index contributed by atoms with van der Waals surface area (Å²) >= 11 is 0. The molecule has 9 heteroatoms. The second kappa shape index (κ2) is 10.6. The Morgan fingerprint density at radius 1 is 1.12 bits per heavy atom. The topological polar surface area (TPSA) is 140 Å². The van der Waals surface area contributed by atoms with Crippen molar-refractivity contribution in [3.63, 3.8) is 0 Å². The van der Waals surface area contributed by atoms with Crippen molar-refractivity contribution in [2.24, 2.45) is 11.6 Å². The van der Waals surface area contributed by atoms with E-state index < -0.39 is 0 Å². The van der Waals surface area contributed by atoms with Crippen molar-refractivity contribution in [1.82, 2.24) is 15.3 Å². The number of hydrazine groups is 1. The number of anilines is 3. The number of nitrogens with one attached hydrogen (secondary N) is 2. The van der Waals surface area contributed by atoms with Crippen molar-refractivity contribution in [3.8, 4) is 11.3 Å². The molecule has 0 radical (unpaired) electrons. The molecule has 2 unspecified atom stereocenters. The quantitative estimate of drug-likeness (QED) is 0.258. The predicted octanol–water partition coefficient (Wildman–Crippen LogP) is 1.85. The van der Waals surface area contributed by atoms with E-state index in [-0.39, 0.29) is 18.1 Å². The van der Waals surface area contributed by atoms with Gasteiger partial charge in [-0.2, -0.15) is 4.98 Å². The van der Waals surface area contributed by atoms with Gasteiger partial charge in [-0.15, -0.1) is 0 Å². The third kappa shape index (κ3) is 5.58. The molecule has 1 aliphatic heterocycles. The number of nitrogen functional groups attached to an aromatic ring is 2. The van der Waals surface area contributed by atoms with Crippen LogP contribution in [0.5, 0.6) is 0 Å². The molecule has 2 aromatic carbocycles. The van der Waals surface area contributed by atoms with Crippen LogP contribution in [0.15, 0.2) is 54.6 Å². The molecule has 1 aromatic heterocycles. The Kier molecular flexibility index (Phi) is 7.36. The van der Waals surface area contributed by atoms with Gasteiger partial charge in [-0.25, -0.2) is 4.98 Å². The number of morpholine rings is 1. The lowest BCUT2D eigenvalue weighted by Crippen LogP contribution is -2.51. The molecule has 3 aromatic rings. The Morgan fingerprint density at radius 2 is 1.94 bits per heavy atom. The number of benzene rings is 2. The smallest absolute Gasteiger partial charge is 0.222 e. The van der Waals surface area contributed by atoms with Gasteiger partial charge in [0.1, 0.15) is 5.82 Å². The van der Waals surface area contributed by atoms with E-state index in [2.05, 4.69) is 44.7 Å². The van der Waals surface area contributed by atoms with Crippen LogP contribution in [0.3, 0.4) is 0 Å². The number of ether oxygens (including phenoxy) is 1. The van der Waals surface area contributed by atoms with Crippen LogP contribution < -0.4 is 33.0 Å². The number of aromatic nitrogens is 2. The molecule has 0 bridgehead atoms. The minimum absolute atomic E-state index is 0.0430. The highest BCUT2D eigenvalue weighted by atomic mass is 16.5. The highest BCUT2D eigenvalue weighted by Crippen LogP contribution is 2.28. The molecule has 1 saturated heterocycles. The molecule has 8 N–H and O–H groups in total. The fourth-order valence-electron chi connectivity index (χ4n) is 4.03. The van der Waals surface area contributed by atoms with E-state index in [0.717, 1.165) is 41.4 Å². The Labute approximate surface area is 194 Å². The lowest BCUT2D eigenvalue weighted by molar-refractivity contribution is 0.0228. The molecular weight excluding hydrogens is 416 g/mol. The molecule has 2 atom stereocenters. The second-order valence-electron chi connectivity index (χ2n) is 8.26. The lowest BCUT2D eigenvalue weighted by Gasteiger charge is -2.39. The van der Waals surface area contributed by atoms with Crippen molar-refractivity contribution >= 4 is 17.5 Å². The fourth-order valence-corrected chi connectivity index (χ4v) is 4.03. The van der Waals surface area contributed by atoms with E-state index in [1.807, 2.05) is 42.5 Å². The highest BCUT2D eigenvalue weighted by molar-refractivity contribution is 5.70. The number of hydrogen-bond donors (Lipinski definition) is 5. The normalized spacial score (nSPS) is 18.3. The summed E-state index contributed by atoms with van der Waals surface area (Å²) in [6.45, 7) is 5.39. The van der Waals surface area contributed by atoms with E-state index in [1.54, 1.807) is 0 Å². The van der Waals surface area contributed by atoms with Crippen LogP contribution in [0.1, 0.15) is 18.1 Å². The first-order chi connectivity index (χ1) is 16.1. The zero-order valence-electron chi connectivity index (χ0n) is 18.9. The van der Waals surface area contributed by atoms with E-state index in [0.29, 0.717) is 19.7 Å². The molecule has 33 heavy (non-hydrogen) atoms. The van der Waals surface area contributed by atoms with Gasteiger partial charge in [0.25, 0.3) is 0 Å². The van der Waals surface area contributed by atoms with Crippen molar-refractivity contribution < 1.29 is 4.74 Å².